The van der Waals surface area contributed by atoms with E-state index in [2.05, 4.69) is 46.0 Å². The second-order valence-electron chi connectivity index (χ2n) is 6.45. The van der Waals surface area contributed by atoms with E-state index < -0.39 is 0 Å². The fourth-order valence-corrected chi connectivity index (χ4v) is 2.72. The maximum Gasteiger partial charge on any atom is 0.190 e. The molecule has 1 aromatic carbocycles. The summed E-state index contributed by atoms with van der Waals surface area (Å²) >= 11 is 0. The minimum atomic E-state index is 0.857. The van der Waals surface area contributed by atoms with Crippen LogP contribution in [0, 0.1) is 12.8 Å². The number of nitrogens with zero attached hydrogens (tertiary/aromatic N) is 3. The van der Waals surface area contributed by atoms with Gasteiger partial charge in [0.05, 0.1) is 11.4 Å². The first-order valence-corrected chi connectivity index (χ1v) is 8.81. The molecule has 1 aliphatic carbocycles. The van der Waals surface area contributed by atoms with E-state index in [0.717, 1.165) is 49.2 Å². The Kier molecular flexibility index (Phi) is 5.51. The molecule has 5 nitrogen and oxygen atoms in total. The molecule has 3 rings (SSSR count). The average Bonchev–Trinajstić information content (AvgIpc) is 3.37. The highest BCUT2D eigenvalue weighted by Gasteiger charge is 2.20. The lowest BCUT2D eigenvalue weighted by atomic mass is 10.1. The minimum absolute atomic E-state index is 0.857. The van der Waals surface area contributed by atoms with Gasteiger partial charge in [0.1, 0.15) is 0 Å². The molecule has 1 fully saturated rings. The quantitative estimate of drug-likeness (QED) is 0.467. The summed E-state index contributed by atoms with van der Waals surface area (Å²) in [6.07, 6.45) is 6.94. The predicted octanol–water partition coefficient (Wildman–Crippen LogP) is 2.69. The van der Waals surface area contributed by atoms with Crippen LogP contribution in [0.25, 0.3) is 5.69 Å². The molecule has 0 bridgehead atoms. The van der Waals surface area contributed by atoms with Gasteiger partial charge >= 0.3 is 0 Å². The highest BCUT2D eigenvalue weighted by atomic mass is 15.3. The third-order valence-corrected chi connectivity index (χ3v) is 4.42. The molecule has 128 valence electrons. The van der Waals surface area contributed by atoms with Crippen LogP contribution in [0.3, 0.4) is 0 Å². The van der Waals surface area contributed by atoms with Crippen LogP contribution in [0.1, 0.15) is 30.5 Å². The first kappa shape index (κ1) is 16.6. The second-order valence-corrected chi connectivity index (χ2v) is 6.45. The van der Waals surface area contributed by atoms with Gasteiger partial charge in [0.15, 0.2) is 5.96 Å². The van der Waals surface area contributed by atoms with Gasteiger partial charge in [-0.2, -0.15) is 5.10 Å². The Morgan fingerprint density at radius 3 is 2.75 bits per heavy atom. The standard InChI is InChI=1S/C19H27N5/c1-15-17(14-24(23-15)18-8-4-3-5-9-18)7-6-12-21-19(20-2)22-13-16-10-11-16/h3-5,8-9,14,16H,6-7,10-13H2,1-2H3,(H2,20,21,22). The second kappa shape index (κ2) is 7.99. The molecule has 1 saturated carbocycles. The molecule has 2 N–H and O–H groups in total. The lowest BCUT2D eigenvalue weighted by Crippen LogP contribution is -2.38. The summed E-state index contributed by atoms with van der Waals surface area (Å²) in [6, 6.07) is 10.3. The molecule has 1 heterocycles. The highest BCUT2D eigenvalue weighted by molar-refractivity contribution is 5.79. The van der Waals surface area contributed by atoms with E-state index in [1.54, 1.807) is 0 Å². The number of aromatic nitrogens is 2. The van der Waals surface area contributed by atoms with E-state index in [1.165, 1.54) is 18.4 Å². The van der Waals surface area contributed by atoms with Crippen molar-refractivity contribution < 1.29 is 0 Å². The Bertz CT molecular complexity index is 670. The zero-order valence-electron chi connectivity index (χ0n) is 14.6. The van der Waals surface area contributed by atoms with E-state index >= 15 is 0 Å². The molecule has 0 amide bonds. The van der Waals surface area contributed by atoms with Crippen LogP contribution in [-0.4, -0.2) is 35.9 Å². The van der Waals surface area contributed by atoms with Crippen molar-refractivity contribution in [3.05, 3.63) is 47.8 Å². The molecule has 0 unspecified atom stereocenters. The van der Waals surface area contributed by atoms with Crippen molar-refractivity contribution in [1.82, 2.24) is 20.4 Å². The molecular formula is C19H27N5. The van der Waals surface area contributed by atoms with Crippen molar-refractivity contribution in [3.63, 3.8) is 0 Å². The average molecular weight is 325 g/mol. The summed E-state index contributed by atoms with van der Waals surface area (Å²) in [6.45, 7) is 4.04. The van der Waals surface area contributed by atoms with Gasteiger partial charge in [-0.3, -0.25) is 4.99 Å². The maximum atomic E-state index is 4.63. The zero-order valence-corrected chi connectivity index (χ0v) is 14.6. The van der Waals surface area contributed by atoms with E-state index in [9.17, 15) is 0 Å². The van der Waals surface area contributed by atoms with E-state index in [-0.39, 0.29) is 0 Å². The summed E-state index contributed by atoms with van der Waals surface area (Å²) < 4.78 is 1.97. The van der Waals surface area contributed by atoms with Gasteiger partial charge in [0.25, 0.3) is 0 Å². The van der Waals surface area contributed by atoms with Crippen LogP contribution in [0.2, 0.25) is 0 Å². The summed E-state index contributed by atoms with van der Waals surface area (Å²) in [7, 11) is 1.83. The van der Waals surface area contributed by atoms with Crippen molar-refractivity contribution in [3.8, 4) is 5.69 Å². The summed E-state index contributed by atoms with van der Waals surface area (Å²) in [5, 5.41) is 11.4. The van der Waals surface area contributed by atoms with Crippen LogP contribution < -0.4 is 10.6 Å². The third kappa shape index (κ3) is 4.60. The SMILES string of the molecule is CN=C(NCCCc1cn(-c2ccccc2)nc1C)NCC1CC1. The van der Waals surface area contributed by atoms with Gasteiger partial charge in [0, 0.05) is 26.3 Å². The van der Waals surface area contributed by atoms with Crippen LogP contribution >= 0.6 is 0 Å². The number of rotatable bonds is 7. The maximum absolute atomic E-state index is 4.63. The Labute approximate surface area is 144 Å². The van der Waals surface area contributed by atoms with Crippen molar-refractivity contribution in [2.24, 2.45) is 10.9 Å². The van der Waals surface area contributed by atoms with Crippen molar-refractivity contribution in [2.75, 3.05) is 20.1 Å². The van der Waals surface area contributed by atoms with Crippen molar-refractivity contribution >= 4 is 5.96 Å². The number of para-hydroxylation sites is 1. The first-order valence-electron chi connectivity index (χ1n) is 8.81. The largest absolute Gasteiger partial charge is 0.356 e. The Morgan fingerprint density at radius 2 is 2.04 bits per heavy atom. The molecule has 5 heteroatoms. The summed E-state index contributed by atoms with van der Waals surface area (Å²) in [5.41, 5.74) is 3.52. The monoisotopic (exact) mass is 325 g/mol. The van der Waals surface area contributed by atoms with Crippen LogP contribution in [0.4, 0.5) is 0 Å². The van der Waals surface area contributed by atoms with Gasteiger partial charge in [-0.25, -0.2) is 4.68 Å². The van der Waals surface area contributed by atoms with Crippen molar-refractivity contribution in [2.45, 2.75) is 32.6 Å². The van der Waals surface area contributed by atoms with Gasteiger partial charge in [-0.1, -0.05) is 18.2 Å². The third-order valence-electron chi connectivity index (χ3n) is 4.42. The Hall–Kier alpha value is -2.30. The summed E-state index contributed by atoms with van der Waals surface area (Å²) in [4.78, 5) is 4.27. The molecule has 24 heavy (non-hydrogen) atoms. The number of nitrogens with one attached hydrogen (secondary N) is 2. The van der Waals surface area contributed by atoms with Gasteiger partial charge in [-0.15, -0.1) is 0 Å². The Morgan fingerprint density at radius 1 is 1.25 bits per heavy atom. The van der Waals surface area contributed by atoms with Gasteiger partial charge in [0.2, 0.25) is 0 Å². The molecule has 0 radical (unpaired) electrons. The minimum Gasteiger partial charge on any atom is -0.356 e. The normalized spacial score (nSPS) is 14.7. The van der Waals surface area contributed by atoms with E-state index in [0.29, 0.717) is 0 Å². The fourth-order valence-electron chi connectivity index (χ4n) is 2.72. The topological polar surface area (TPSA) is 54.2 Å². The number of guanidine groups is 1. The lowest BCUT2D eigenvalue weighted by molar-refractivity contribution is 0.713. The lowest BCUT2D eigenvalue weighted by Gasteiger charge is -2.11. The van der Waals surface area contributed by atoms with Crippen LogP contribution in [0.5, 0.6) is 0 Å². The van der Waals surface area contributed by atoms with E-state index in [1.807, 2.05) is 29.9 Å². The number of aliphatic imine (C=N–C) groups is 1. The molecule has 1 aliphatic rings. The molecule has 1 aromatic heterocycles. The molecule has 0 aliphatic heterocycles. The number of hydrogen-bond donors (Lipinski definition) is 2. The molecule has 2 aromatic rings. The van der Waals surface area contributed by atoms with Crippen LogP contribution in [0.15, 0.2) is 41.5 Å². The predicted molar refractivity (Wildman–Crippen MR) is 98.7 cm³/mol. The molecule has 0 saturated heterocycles. The fraction of sp³-hybridized carbons (Fsp3) is 0.474. The highest BCUT2D eigenvalue weighted by Crippen LogP contribution is 2.27. The number of benzene rings is 1. The van der Waals surface area contributed by atoms with Gasteiger partial charge < -0.3 is 10.6 Å². The molecule has 0 spiro atoms. The molecule has 0 atom stereocenters. The zero-order chi connectivity index (χ0) is 16.8. The summed E-state index contributed by atoms with van der Waals surface area (Å²) in [5.74, 6) is 1.77. The molecular weight excluding hydrogens is 298 g/mol. The smallest absolute Gasteiger partial charge is 0.190 e. The van der Waals surface area contributed by atoms with Crippen LogP contribution in [-0.2, 0) is 6.42 Å². The Balaban J connectivity index is 1.45. The van der Waals surface area contributed by atoms with E-state index in [4.69, 9.17) is 0 Å². The first-order chi connectivity index (χ1) is 11.8. The number of hydrogen-bond acceptors (Lipinski definition) is 2. The van der Waals surface area contributed by atoms with Gasteiger partial charge in [-0.05, 0) is 56.2 Å². The van der Waals surface area contributed by atoms with Crippen molar-refractivity contribution in [1.29, 1.82) is 0 Å². The number of aryl methyl sites for hydroxylation is 2.